The minimum atomic E-state index is -3.53. The molecule has 1 aromatic heterocycles. The Kier molecular flexibility index (Phi) is 5.49. The summed E-state index contributed by atoms with van der Waals surface area (Å²) in [5.74, 6) is -0.944. The second kappa shape index (κ2) is 6.67. The standard InChI is InChI=1S/C11H19N3O4S/c1-3-4-6-13(2)19(17,18)10-8-12-14(9-10)7-5-11(15)16/h8-9H,3-7H2,1-2H3,(H,15,16). The lowest BCUT2D eigenvalue weighted by atomic mass is 10.3. The van der Waals surface area contributed by atoms with Gasteiger partial charge in [-0.15, -0.1) is 0 Å². The highest BCUT2D eigenvalue weighted by molar-refractivity contribution is 7.89. The minimum absolute atomic E-state index is 0.0904. The van der Waals surface area contributed by atoms with Crippen molar-refractivity contribution < 1.29 is 18.3 Å². The van der Waals surface area contributed by atoms with Crippen LogP contribution in [0.5, 0.6) is 0 Å². The Morgan fingerprint density at radius 3 is 2.79 bits per heavy atom. The lowest BCUT2D eigenvalue weighted by molar-refractivity contribution is -0.137. The molecule has 1 N–H and O–H groups in total. The first kappa shape index (κ1) is 15.6. The lowest BCUT2D eigenvalue weighted by Gasteiger charge is -2.15. The number of carboxylic acids is 1. The van der Waals surface area contributed by atoms with Crippen molar-refractivity contribution in [3.05, 3.63) is 12.4 Å². The molecule has 0 radical (unpaired) electrons. The Labute approximate surface area is 112 Å². The molecule has 0 aromatic carbocycles. The van der Waals surface area contributed by atoms with E-state index in [2.05, 4.69) is 5.10 Å². The first-order chi connectivity index (χ1) is 8.87. The summed E-state index contributed by atoms with van der Waals surface area (Å²) >= 11 is 0. The minimum Gasteiger partial charge on any atom is -0.481 e. The fraction of sp³-hybridized carbons (Fsp3) is 0.636. The predicted molar refractivity (Wildman–Crippen MR) is 69.2 cm³/mol. The highest BCUT2D eigenvalue weighted by atomic mass is 32.2. The normalized spacial score (nSPS) is 11.9. The van der Waals surface area contributed by atoms with Crippen LogP contribution in [0.25, 0.3) is 0 Å². The van der Waals surface area contributed by atoms with E-state index in [1.165, 1.54) is 28.4 Å². The molecule has 8 heteroatoms. The molecule has 1 rings (SSSR count). The van der Waals surface area contributed by atoms with E-state index in [-0.39, 0.29) is 17.9 Å². The number of carboxylic acid groups (broad SMARTS) is 1. The summed E-state index contributed by atoms with van der Waals surface area (Å²) in [7, 11) is -2.00. The number of sulfonamides is 1. The van der Waals surface area contributed by atoms with Crippen molar-refractivity contribution in [1.82, 2.24) is 14.1 Å². The molecule has 0 aliphatic rings. The molecular weight excluding hydrogens is 270 g/mol. The first-order valence-corrected chi connectivity index (χ1v) is 7.52. The Balaban J connectivity index is 2.76. The molecular formula is C11H19N3O4S. The van der Waals surface area contributed by atoms with Crippen LogP contribution in [0.15, 0.2) is 17.3 Å². The number of hydrogen-bond donors (Lipinski definition) is 1. The summed E-state index contributed by atoms with van der Waals surface area (Å²) in [5, 5.41) is 12.4. The monoisotopic (exact) mass is 289 g/mol. The summed E-state index contributed by atoms with van der Waals surface area (Å²) in [4.78, 5) is 10.5. The van der Waals surface area contributed by atoms with Gasteiger partial charge in [-0.2, -0.15) is 5.10 Å². The molecule has 0 fully saturated rings. The maximum atomic E-state index is 12.1. The van der Waals surface area contributed by atoms with Gasteiger partial charge in [0.1, 0.15) is 4.90 Å². The van der Waals surface area contributed by atoms with Crippen LogP contribution in [-0.4, -0.2) is 47.2 Å². The maximum Gasteiger partial charge on any atom is 0.305 e. The molecule has 7 nitrogen and oxygen atoms in total. The van der Waals surface area contributed by atoms with Gasteiger partial charge in [0.2, 0.25) is 10.0 Å². The predicted octanol–water partition coefficient (Wildman–Crippen LogP) is 0.778. The van der Waals surface area contributed by atoms with Crippen molar-refractivity contribution in [2.24, 2.45) is 0 Å². The Bertz CT molecular complexity index is 524. The smallest absolute Gasteiger partial charge is 0.305 e. The highest BCUT2D eigenvalue weighted by Crippen LogP contribution is 2.13. The molecule has 0 aliphatic carbocycles. The van der Waals surface area contributed by atoms with Crippen LogP contribution in [-0.2, 0) is 21.4 Å². The van der Waals surface area contributed by atoms with Gasteiger partial charge >= 0.3 is 5.97 Å². The number of nitrogens with zero attached hydrogens (tertiary/aromatic N) is 3. The fourth-order valence-corrected chi connectivity index (χ4v) is 2.66. The zero-order chi connectivity index (χ0) is 14.5. The van der Waals surface area contributed by atoms with Gasteiger partial charge in [-0.1, -0.05) is 13.3 Å². The molecule has 0 saturated carbocycles. The Morgan fingerprint density at radius 1 is 1.53 bits per heavy atom. The van der Waals surface area contributed by atoms with E-state index in [1.807, 2.05) is 6.92 Å². The molecule has 0 atom stereocenters. The lowest BCUT2D eigenvalue weighted by Crippen LogP contribution is -2.27. The number of hydrogen-bond acceptors (Lipinski definition) is 4. The molecule has 108 valence electrons. The molecule has 19 heavy (non-hydrogen) atoms. The number of unbranched alkanes of at least 4 members (excludes halogenated alkanes) is 1. The van der Waals surface area contributed by atoms with E-state index < -0.39 is 16.0 Å². The first-order valence-electron chi connectivity index (χ1n) is 6.08. The number of aromatic nitrogens is 2. The molecule has 0 bridgehead atoms. The molecule has 0 spiro atoms. The largest absolute Gasteiger partial charge is 0.481 e. The zero-order valence-corrected chi connectivity index (χ0v) is 11.9. The summed E-state index contributed by atoms with van der Waals surface area (Å²) < 4.78 is 26.9. The molecule has 0 unspecified atom stereocenters. The van der Waals surface area contributed by atoms with Crippen LogP contribution in [0.4, 0.5) is 0 Å². The average Bonchev–Trinajstić information content (AvgIpc) is 2.82. The summed E-state index contributed by atoms with van der Waals surface area (Å²) in [6.45, 7) is 2.60. The van der Waals surface area contributed by atoms with E-state index in [0.717, 1.165) is 12.8 Å². The third-order valence-corrected chi connectivity index (χ3v) is 4.51. The van der Waals surface area contributed by atoms with E-state index in [9.17, 15) is 13.2 Å². The molecule has 0 amide bonds. The van der Waals surface area contributed by atoms with Crippen molar-refractivity contribution in [2.45, 2.75) is 37.6 Å². The van der Waals surface area contributed by atoms with E-state index >= 15 is 0 Å². The van der Waals surface area contributed by atoms with Crippen LogP contribution >= 0.6 is 0 Å². The number of carbonyl (C=O) groups is 1. The van der Waals surface area contributed by atoms with E-state index in [0.29, 0.717) is 6.54 Å². The van der Waals surface area contributed by atoms with Gasteiger partial charge in [0.05, 0.1) is 19.2 Å². The van der Waals surface area contributed by atoms with Crippen LogP contribution in [0.2, 0.25) is 0 Å². The summed E-state index contributed by atoms with van der Waals surface area (Å²) in [5.41, 5.74) is 0. The molecule has 1 aromatic rings. The molecule has 0 saturated heterocycles. The summed E-state index contributed by atoms with van der Waals surface area (Å²) in [6.07, 6.45) is 4.23. The van der Waals surface area contributed by atoms with Gasteiger partial charge in [-0.25, -0.2) is 12.7 Å². The maximum absolute atomic E-state index is 12.1. The van der Waals surface area contributed by atoms with Crippen LogP contribution in [0.3, 0.4) is 0 Å². The highest BCUT2D eigenvalue weighted by Gasteiger charge is 2.22. The quantitative estimate of drug-likeness (QED) is 0.763. The SMILES string of the molecule is CCCCN(C)S(=O)(=O)c1cnn(CCC(=O)O)c1. The summed E-state index contributed by atoms with van der Waals surface area (Å²) in [6, 6.07) is 0. The number of aryl methyl sites for hydroxylation is 1. The zero-order valence-electron chi connectivity index (χ0n) is 11.1. The number of rotatable bonds is 8. The van der Waals surface area contributed by atoms with Gasteiger partial charge in [-0.3, -0.25) is 9.48 Å². The fourth-order valence-electron chi connectivity index (χ4n) is 1.49. The van der Waals surface area contributed by atoms with Crippen molar-refractivity contribution in [3.8, 4) is 0 Å². The van der Waals surface area contributed by atoms with Gasteiger partial charge in [-0.05, 0) is 6.42 Å². The van der Waals surface area contributed by atoms with Gasteiger partial charge < -0.3 is 5.11 Å². The van der Waals surface area contributed by atoms with Gasteiger partial charge in [0.15, 0.2) is 0 Å². The van der Waals surface area contributed by atoms with Crippen molar-refractivity contribution in [3.63, 3.8) is 0 Å². The van der Waals surface area contributed by atoms with Crippen molar-refractivity contribution in [2.75, 3.05) is 13.6 Å². The van der Waals surface area contributed by atoms with Gasteiger partial charge in [0.25, 0.3) is 0 Å². The van der Waals surface area contributed by atoms with Gasteiger partial charge in [0, 0.05) is 19.8 Å². The third-order valence-electron chi connectivity index (χ3n) is 2.70. The second-order valence-electron chi connectivity index (χ2n) is 4.26. The second-order valence-corrected chi connectivity index (χ2v) is 6.31. The Hall–Kier alpha value is -1.41. The van der Waals surface area contributed by atoms with Crippen LogP contribution < -0.4 is 0 Å². The van der Waals surface area contributed by atoms with E-state index in [4.69, 9.17) is 5.11 Å². The average molecular weight is 289 g/mol. The van der Waals surface area contributed by atoms with Crippen molar-refractivity contribution >= 4 is 16.0 Å². The third kappa shape index (κ3) is 4.32. The topological polar surface area (TPSA) is 92.5 Å². The van der Waals surface area contributed by atoms with Crippen molar-refractivity contribution in [1.29, 1.82) is 0 Å². The Morgan fingerprint density at radius 2 is 2.21 bits per heavy atom. The molecule has 0 aliphatic heterocycles. The number of aliphatic carboxylic acids is 1. The van der Waals surface area contributed by atoms with Crippen LogP contribution in [0.1, 0.15) is 26.2 Å². The van der Waals surface area contributed by atoms with Crippen LogP contribution in [0, 0.1) is 0 Å². The van der Waals surface area contributed by atoms with E-state index in [1.54, 1.807) is 0 Å². The molecule has 1 heterocycles.